The zero-order valence-electron chi connectivity index (χ0n) is 19.2. The lowest BCUT2D eigenvalue weighted by Gasteiger charge is -2.21. The van der Waals surface area contributed by atoms with Gasteiger partial charge in [0, 0.05) is 18.7 Å². The van der Waals surface area contributed by atoms with Gasteiger partial charge in [-0.3, -0.25) is 4.79 Å². The number of alkyl halides is 6. The molecule has 0 unspecified atom stereocenters. The Morgan fingerprint density at radius 2 is 1.61 bits per heavy atom. The minimum atomic E-state index is -4.60. The molecule has 0 aliphatic heterocycles. The van der Waals surface area contributed by atoms with E-state index in [0.29, 0.717) is 5.56 Å². The van der Waals surface area contributed by atoms with Gasteiger partial charge in [0.1, 0.15) is 11.5 Å². The number of rotatable bonds is 9. The molecule has 3 aromatic rings. The first-order valence-corrected chi connectivity index (χ1v) is 10.9. The molecule has 0 aliphatic rings. The monoisotopic (exact) mass is 511 g/mol. The molecule has 0 aliphatic carbocycles. The molecule has 4 nitrogen and oxygen atoms in total. The van der Waals surface area contributed by atoms with Crippen LogP contribution in [0.3, 0.4) is 0 Å². The molecule has 1 N–H and O–H groups in total. The summed E-state index contributed by atoms with van der Waals surface area (Å²) in [5.74, 6) is -0.675. The lowest BCUT2D eigenvalue weighted by molar-refractivity contribution is -0.138. The van der Waals surface area contributed by atoms with Gasteiger partial charge in [0.2, 0.25) is 0 Å². The molecule has 0 amide bonds. The van der Waals surface area contributed by atoms with E-state index in [1.54, 1.807) is 30.1 Å². The first-order valence-electron chi connectivity index (χ1n) is 10.9. The summed E-state index contributed by atoms with van der Waals surface area (Å²) in [6.45, 7) is 0.124. The maximum atomic E-state index is 13.3. The Bertz CT molecular complexity index is 1210. The highest BCUT2D eigenvalue weighted by Crippen LogP contribution is 2.35. The van der Waals surface area contributed by atoms with Crippen molar-refractivity contribution in [2.75, 3.05) is 13.6 Å². The number of aliphatic carboxylic acids is 1. The van der Waals surface area contributed by atoms with Crippen molar-refractivity contribution in [3.8, 4) is 11.5 Å². The second kappa shape index (κ2) is 11.0. The number of carboxylic acids is 1. The summed E-state index contributed by atoms with van der Waals surface area (Å²) in [5, 5.41) is 8.98. The summed E-state index contributed by atoms with van der Waals surface area (Å²) >= 11 is 0. The summed E-state index contributed by atoms with van der Waals surface area (Å²) in [4.78, 5) is 12.6. The fraction of sp³-hybridized carbons (Fsp3) is 0.269. The van der Waals surface area contributed by atoms with E-state index in [9.17, 15) is 31.1 Å². The van der Waals surface area contributed by atoms with Crippen molar-refractivity contribution < 1.29 is 41.0 Å². The van der Waals surface area contributed by atoms with Crippen LogP contribution >= 0.6 is 0 Å². The Labute approximate surface area is 203 Å². The van der Waals surface area contributed by atoms with Gasteiger partial charge in [0.25, 0.3) is 0 Å². The number of carboxylic acid groups (broad SMARTS) is 1. The van der Waals surface area contributed by atoms with Gasteiger partial charge in [-0.1, -0.05) is 30.3 Å². The van der Waals surface area contributed by atoms with E-state index in [-0.39, 0.29) is 48.6 Å². The lowest BCUT2D eigenvalue weighted by Crippen LogP contribution is -2.22. The number of likely N-dealkylation sites (N-methyl/N-ethyl adjacent to an activating group) is 1. The zero-order valence-corrected chi connectivity index (χ0v) is 19.2. The van der Waals surface area contributed by atoms with Crippen LogP contribution in [0.15, 0.2) is 66.7 Å². The van der Waals surface area contributed by atoms with E-state index in [1.807, 2.05) is 0 Å². The smallest absolute Gasteiger partial charge is 0.416 e. The van der Waals surface area contributed by atoms with E-state index in [1.165, 1.54) is 30.3 Å². The Morgan fingerprint density at radius 1 is 0.889 bits per heavy atom. The number of benzene rings is 3. The highest BCUT2D eigenvalue weighted by Gasteiger charge is 2.33. The molecule has 192 valence electrons. The van der Waals surface area contributed by atoms with Crippen molar-refractivity contribution in [2.45, 2.75) is 31.7 Å². The maximum absolute atomic E-state index is 13.3. The Kier molecular flexibility index (Phi) is 8.29. The van der Waals surface area contributed by atoms with Crippen LogP contribution in [-0.2, 0) is 36.5 Å². The number of hydrogen-bond acceptors (Lipinski definition) is 3. The van der Waals surface area contributed by atoms with Gasteiger partial charge in [0.05, 0.1) is 17.5 Å². The van der Waals surface area contributed by atoms with Crippen molar-refractivity contribution in [1.82, 2.24) is 4.90 Å². The molecule has 0 saturated carbocycles. The van der Waals surface area contributed by atoms with Gasteiger partial charge in [0.15, 0.2) is 0 Å². The van der Waals surface area contributed by atoms with E-state index in [4.69, 9.17) is 9.84 Å². The van der Waals surface area contributed by atoms with Gasteiger partial charge >= 0.3 is 18.3 Å². The van der Waals surface area contributed by atoms with Crippen molar-refractivity contribution in [3.63, 3.8) is 0 Å². The van der Waals surface area contributed by atoms with Crippen LogP contribution < -0.4 is 4.74 Å². The zero-order chi connectivity index (χ0) is 26.5. The van der Waals surface area contributed by atoms with Crippen LogP contribution in [0.1, 0.15) is 27.8 Å². The van der Waals surface area contributed by atoms with E-state index in [2.05, 4.69) is 0 Å². The normalized spacial score (nSPS) is 12.1. The molecule has 3 rings (SSSR count). The maximum Gasteiger partial charge on any atom is 0.416 e. The third-order valence-corrected chi connectivity index (χ3v) is 5.40. The molecule has 0 fully saturated rings. The average molecular weight is 511 g/mol. The minimum Gasteiger partial charge on any atom is -0.481 e. The molecule has 36 heavy (non-hydrogen) atoms. The fourth-order valence-electron chi connectivity index (χ4n) is 3.70. The number of halogens is 6. The predicted octanol–water partition coefficient (Wildman–Crippen LogP) is 6.82. The standard InChI is InChI=1S/C26H23F6NO3/c1-33(12-11-18-6-2-3-8-22(18)26(30,31)32)16-19-15-20(25(27,28)29)9-10-23(19)36-21-7-4-5-17(13-21)14-24(34)35/h2-10,13,15H,11-12,14,16H2,1H3,(H,34,35). The molecule has 0 radical (unpaired) electrons. The predicted molar refractivity (Wildman–Crippen MR) is 121 cm³/mol. The molecule has 0 atom stereocenters. The molecule has 3 aromatic carbocycles. The third-order valence-electron chi connectivity index (χ3n) is 5.40. The van der Waals surface area contributed by atoms with Crippen molar-refractivity contribution in [3.05, 3.63) is 94.5 Å². The van der Waals surface area contributed by atoms with Gasteiger partial charge in [-0.05, 0) is 61.0 Å². The molecule has 0 saturated heterocycles. The van der Waals surface area contributed by atoms with Gasteiger partial charge in [-0.25, -0.2) is 0 Å². The van der Waals surface area contributed by atoms with Gasteiger partial charge < -0.3 is 14.7 Å². The molecular formula is C26H23F6NO3. The molecule has 0 spiro atoms. The van der Waals surface area contributed by atoms with Crippen LogP contribution in [-0.4, -0.2) is 29.6 Å². The van der Waals surface area contributed by atoms with Crippen LogP contribution in [0.2, 0.25) is 0 Å². The highest BCUT2D eigenvalue weighted by molar-refractivity contribution is 5.70. The van der Waals surface area contributed by atoms with Crippen LogP contribution in [0.25, 0.3) is 0 Å². The fourth-order valence-corrected chi connectivity index (χ4v) is 3.70. The van der Waals surface area contributed by atoms with E-state index < -0.39 is 29.4 Å². The summed E-state index contributed by atoms with van der Waals surface area (Å²) in [6.07, 6.45) is -9.32. The summed E-state index contributed by atoms with van der Waals surface area (Å²) in [7, 11) is 1.59. The Balaban J connectivity index is 1.82. The van der Waals surface area contributed by atoms with Crippen LogP contribution in [0.5, 0.6) is 11.5 Å². The van der Waals surface area contributed by atoms with Crippen LogP contribution in [0, 0.1) is 0 Å². The number of carbonyl (C=O) groups is 1. The lowest BCUT2D eigenvalue weighted by atomic mass is 10.0. The first kappa shape index (κ1) is 27.1. The topological polar surface area (TPSA) is 49.8 Å². The largest absolute Gasteiger partial charge is 0.481 e. The number of hydrogen-bond donors (Lipinski definition) is 1. The summed E-state index contributed by atoms with van der Waals surface area (Å²) in [6, 6.07) is 14.3. The molecule has 0 heterocycles. The Morgan fingerprint density at radius 3 is 2.28 bits per heavy atom. The first-order chi connectivity index (χ1) is 16.8. The molecule has 0 bridgehead atoms. The van der Waals surface area contributed by atoms with Crippen molar-refractivity contribution in [1.29, 1.82) is 0 Å². The highest BCUT2D eigenvalue weighted by atomic mass is 19.4. The van der Waals surface area contributed by atoms with E-state index in [0.717, 1.165) is 18.2 Å². The third kappa shape index (κ3) is 7.48. The second-order valence-corrected chi connectivity index (χ2v) is 8.28. The second-order valence-electron chi connectivity index (χ2n) is 8.28. The summed E-state index contributed by atoms with van der Waals surface area (Å²) < 4.78 is 85.6. The SMILES string of the molecule is CN(CCc1ccccc1C(F)(F)F)Cc1cc(C(F)(F)F)ccc1Oc1cccc(CC(=O)O)c1. The number of ether oxygens (including phenoxy) is 1. The Hall–Kier alpha value is -3.53. The average Bonchev–Trinajstić information content (AvgIpc) is 2.77. The molecule has 10 heteroatoms. The van der Waals surface area contributed by atoms with Crippen molar-refractivity contribution >= 4 is 5.97 Å². The molecular weight excluding hydrogens is 488 g/mol. The minimum absolute atomic E-state index is 0.0255. The molecule has 0 aromatic heterocycles. The summed E-state index contributed by atoms with van der Waals surface area (Å²) in [5.41, 5.74) is -0.912. The van der Waals surface area contributed by atoms with Crippen molar-refractivity contribution in [2.24, 2.45) is 0 Å². The van der Waals surface area contributed by atoms with E-state index >= 15 is 0 Å². The van der Waals surface area contributed by atoms with Crippen LogP contribution in [0.4, 0.5) is 26.3 Å². The number of nitrogens with zero attached hydrogens (tertiary/aromatic N) is 1. The van der Waals surface area contributed by atoms with Gasteiger partial charge in [-0.15, -0.1) is 0 Å². The van der Waals surface area contributed by atoms with Gasteiger partial charge in [-0.2, -0.15) is 26.3 Å². The quantitative estimate of drug-likeness (QED) is 0.321.